The number of nitrogens with zero attached hydrogens (tertiary/aromatic N) is 2. The molecule has 0 saturated heterocycles. The molecule has 5 nitrogen and oxygen atoms in total. The Morgan fingerprint density at radius 2 is 2.15 bits per heavy atom. The summed E-state index contributed by atoms with van der Waals surface area (Å²) in [6.45, 7) is 0. The van der Waals surface area contributed by atoms with Crippen molar-refractivity contribution < 1.29 is 13.7 Å². The maximum absolute atomic E-state index is 13.3. The highest BCUT2D eigenvalue weighted by Gasteiger charge is 2.39. The van der Waals surface area contributed by atoms with Crippen molar-refractivity contribution in [3.63, 3.8) is 0 Å². The maximum Gasteiger partial charge on any atom is 0.261 e. The third-order valence-corrected chi connectivity index (χ3v) is 3.51. The number of benzene rings is 1. The minimum atomic E-state index is -0.498. The summed E-state index contributed by atoms with van der Waals surface area (Å²) >= 11 is 0. The standard InChI is InChI=1S/C13H14FN3O2.ClH/c1-18-10-4-3-8(14)7-9(10)11-16-12(17-19-11)13(15)5-2-6-13;/h3-4,7H,2,5-6,15H2,1H3;1H. The van der Waals surface area contributed by atoms with E-state index >= 15 is 0 Å². The van der Waals surface area contributed by atoms with Crippen molar-refractivity contribution in [3.05, 3.63) is 29.8 Å². The molecule has 1 fully saturated rings. The van der Waals surface area contributed by atoms with Gasteiger partial charge in [-0.3, -0.25) is 0 Å². The minimum absolute atomic E-state index is 0. The van der Waals surface area contributed by atoms with Crippen LogP contribution in [-0.2, 0) is 5.54 Å². The zero-order valence-electron chi connectivity index (χ0n) is 10.9. The van der Waals surface area contributed by atoms with E-state index in [1.165, 1.54) is 25.3 Å². The first-order chi connectivity index (χ1) is 9.12. The summed E-state index contributed by atoms with van der Waals surface area (Å²) in [4.78, 5) is 4.27. The van der Waals surface area contributed by atoms with Gasteiger partial charge in [0.15, 0.2) is 5.82 Å². The summed E-state index contributed by atoms with van der Waals surface area (Å²) in [5, 5.41) is 3.90. The van der Waals surface area contributed by atoms with Crippen molar-refractivity contribution in [1.29, 1.82) is 0 Å². The summed E-state index contributed by atoms with van der Waals surface area (Å²) < 4.78 is 23.7. The largest absolute Gasteiger partial charge is 0.496 e. The van der Waals surface area contributed by atoms with Crippen LogP contribution in [0.4, 0.5) is 4.39 Å². The van der Waals surface area contributed by atoms with Crippen molar-refractivity contribution in [3.8, 4) is 17.2 Å². The third-order valence-electron chi connectivity index (χ3n) is 3.51. The summed E-state index contributed by atoms with van der Waals surface area (Å²) in [5.74, 6) is 0.793. The van der Waals surface area contributed by atoms with E-state index in [1.54, 1.807) is 0 Å². The first-order valence-corrected chi connectivity index (χ1v) is 6.09. The zero-order chi connectivity index (χ0) is 13.5. The van der Waals surface area contributed by atoms with E-state index in [0.717, 1.165) is 19.3 Å². The molecular formula is C13H15ClFN3O2. The van der Waals surface area contributed by atoms with E-state index in [0.29, 0.717) is 17.1 Å². The van der Waals surface area contributed by atoms with Gasteiger partial charge >= 0.3 is 0 Å². The normalized spacial score (nSPS) is 16.1. The fourth-order valence-electron chi connectivity index (χ4n) is 2.16. The number of methoxy groups -OCH3 is 1. The Morgan fingerprint density at radius 3 is 2.75 bits per heavy atom. The molecule has 1 saturated carbocycles. The smallest absolute Gasteiger partial charge is 0.261 e. The topological polar surface area (TPSA) is 74.2 Å². The Morgan fingerprint density at radius 1 is 1.40 bits per heavy atom. The van der Waals surface area contributed by atoms with Crippen LogP contribution < -0.4 is 10.5 Å². The summed E-state index contributed by atoms with van der Waals surface area (Å²) in [7, 11) is 1.50. The molecule has 2 aromatic rings. The Balaban J connectivity index is 0.00000147. The van der Waals surface area contributed by atoms with Gasteiger partial charge in [-0.2, -0.15) is 4.98 Å². The van der Waals surface area contributed by atoms with Gasteiger partial charge in [0.25, 0.3) is 5.89 Å². The van der Waals surface area contributed by atoms with Crippen molar-refractivity contribution in [2.45, 2.75) is 24.8 Å². The molecule has 0 bridgehead atoms. The van der Waals surface area contributed by atoms with Gasteiger partial charge in [0, 0.05) is 0 Å². The lowest BCUT2D eigenvalue weighted by molar-refractivity contribution is 0.229. The Hall–Kier alpha value is -1.66. The number of ether oxygens (including phenoxy) is 1. The molecule has 1 heterocycles. The van der Waals surface area contributed by atoms with E-state index in [-0.39, 0.29) is 24.1 Å². The van der Waals surface area contributed by atoms with Crippen LogP contribution in [0.5, 0.6) is 5.75 Å². The van der Waals surface area contributed by atoms with Gasteiger partial charge < -0.3 is 15.0 Å². The summed E-state index contributed by atoms with van der Waals surface area (Å²) in [6, 6.07) is 4.14. The van der Waals surface area contributed by atoms with Gasteiger partial charge in [-0.1, -0.05) is 5.16 Å². The van der Waals surface area contributed by atoms with Gasteiger partial charge in [0.2, 0.25) is 0 Å². The lowest BCUT2D eigenvalue weighted by atomic mass is 9.77. The highest BCUT2D eigenvalue weighted by atomic mass is 35.5. The predicted molar refractivity (Wildman–Crippen MR) is 73.2 cm³/mol. The zero-order valence-corrected chi connectivity index (χ0v) is 11.7. The average molecular weight is 300 g/mol. The van der Waals surface area contributed by atoms with Crippen LogP contribution in [0.1, 0.15) is 25.1 Å². The molecule has 20 heavy (non-hydrogen) atoms. The maximum atomic E-state index is 13.3. The van der Waals surface area contributed by atoms with Gasteiger partial charge in [0.05, 0.1) is 18.2 Å². The first kappa shape index (κ1) is 14.7. The van der Waals surface area contributed by atoms with E-state index in [4.69, 9.17) is 15.0 Å². The fourth-order valence-corrected chi connectivity index (χ4v) is 2.16. The SMILES string of the molecule is COc1ccc(F)cc1-c1nc(C2(N)CCC2)no1.Cl. The Bertz CT molecular complexity index is 613. The quantitative estimate of drug-likeness (QED) is 0.943. The number of hydrogen-bond donors (Lipinski definition) is 1. The van der Waals surface area contributed by atoms with E-state index in [9.17, 15) is 4.39 Å². The third kappa shape index (κ3) is 2.36. The van der Waals surface area contributed by atoms with Crippen LogP contribution in [0.25, 0.3) is 11.5 Å². The predicted octanol–water partition coefficient (Wildman–Crippen LogP) is 2.64. The lowest BCUT2D eigenvalue weighted by Gasteiger charge is -2.34. The molecule has 1 aliphatic rings. The Labute approximate surface area is 121 Å². The molecule has 2 N–H and O–H groups in total. The molecule has 0 radical (unpaired) electrons. The minimum Gasteiger partial charge on any atom is -0.496 e. The van der Waals surface area contributed by atoms with Crippen LogP contribution in [0, 0.1) is 5.82 Å². The van der Waals surface area contributed by atoms with E-state index < -0.39 is 5.54 Å². The Kier molecular flexibility index (Phi) is 3.96. The molecule has 3 rings (SSSR count). The highest BCUT2D eigenvalue weighted by molar-refractivity contribution is 5.85. The second-order valence-electron chi connectivity index (χ2n) is 4.78. The molecule has 0 spiro atoms. The van der Waals surface area contributed by atoms with E-state index in [1.807, 2.05) is 0 Å². The molecule has 1 aromatic heterocycles. The van der Waals surface area contributed by atoms with Crippen molar-refractivity contribution >= 4 is 12.4 Å². The number of hydrogen-bond acceptors (Lipinski definition) is 5. The number of nitrogens with two attached hydrogens (primary N) is 1. The van der Waals surface area contributed by atoms with Crippen molar-refractivity contribution in [2.24, 2.45) is 5.73 Å². The second kappa shape index (κ2) is 5.38. The van der Waals surface area contributed by atoms with Crippen LogP contribution in [0.3, 0.4) is 0 Å². The first-order valence-electron chi connectivity index (χ1n) is 6.09. The molecule has 108 valence electrons. The number of rotatable bonds is 3. The average Bonchev–Trinajstić information content (AvgIpc) is 2.85. The van der Waals surface area contributed by atoms with E-state index in [2.05, 4.69) is 10.1 Å². The van der Waals surface area contributed by atoms with Gasteiger partial charge in [0.1, 0.15) is 11.6 Å². The monoisotopic (exact) mass is 299 g/mol. The van der Waals surface area contributed by atoms with Crippen LogP contribution in [0.2, 0.25) is 0 Å². The molecule has 7 heteroatoms. The lowest BCUT2D eigenvalue weighted by Crippen LogP contribution is -2.44. The van der Waals surface area contributed by atoms with Crippen LogP contribution in [0.15, 0.2) is 22.7 Å². The molecule has 0 aliphatic heterocycles. The van der Waals surface area contributed by atoms with Gasteiger partial charge in [-0.25, -0.2) is 4.39 Å². The molecule has 0 atom stereocenters. The van der Waals surface area contributed by atoms with Crippen LogP contribution in [-0.4, -0.2) is 17.3 Å². The van der Waals surface area contributed by atoms with Crippen molar-refractivity contribution in [1.82, 2.24) is 10.1 Å². The number of aromatic nitrogens is 2. The van der Waals surface area contributed by atoms with Crippen molar-refractivity contribution in [2.75, 3.05) is 7.11 Å². The van der Waals surface area contributed by atoms with Gasteiger partial charge in [-0.05, 0) is 37.5 Å². The molecule has 0 amide bonds. The molecule has 0 unspecified atom stereocenters. The second-order valence-corrected chi connectivity index (χ2v) is 4.78. The molecular weight excluding hydrogens is 285 g/mol. The summed E-state index contributed by atoms with van der Waals surface area (Å²) in [6.07, 6.45) is 2.74. The van der Waals surface area contributed by atoms with Gasteiger partial charge in [-0.15, -0.1) is 12.4 Å². The summed E-state index contributed by atoms with van der Waals surface area (Å²) in [5.41, 5.74) is 6.06. The molecule has 1 aromatic carbocycles. The fraction of sp³-hybridized carbons (Fsp3) is 0.385. The van der Waals surface area contributed by atoms with Crippen LogP contribution >= 0.6 is 12.4 Å². The highest BCUT2D eigenvalue weighted by Crippen LogP contribution is 2.38. The molecule has 1 aliphatic carbocycles. The number of halogens is 2.